The summed E-state index contributed by atoms with van der Waals surface area (Å²) in [4.78, 5) is 24.7. The van der Waals surface area contributed by atoms with Gasteiger partial charge in [-0.2, -0.15) is 0 Å². The molecule has 5 heteroatoms. The molecule has 0 atom stereocenters. The van der Waals surface area contributed by atoms with Crippen molar-refractivity contribution in [3.8, 4) is 5.75 Å². The number of phenolic OH excluding ortho intramolecular Hbond substituents is 1. The Labute approximate surface area is 172 Å². The normalized spacial score (nSPS) is 14.4. The summed E-state index contributed by atoms with van der Waals surface area (Å²) < 4.78 is 0. The minimum absolute atomic E-state index is 0.00919. The maximum absolute atomic E-state index is 12.4. The van der Waals surface area contributed by atoms with Crippen LogP contribution >= 0.6 is 0 Å². The Morgan fingerprint density at radius 1 is 1.03 bits per heavy atom. The van der Waals surface area contributed by atoms with Gasteiger partial charge in [0, 0.05) is 23.4 Å². The monoisotopic (exact) mass is 394 g/mol. The summed E-state index contributed by atoms with van der Waals surface area (Å²) in [5, 5.41) is 15.3. The second-order valence-electron chi connectivity index (χ2n) is 7.98. The molecule has 2 aromatic rings. The Kier molecular flexibility index (Phi) is 7.28. The summed E-state index contributed by atoms with van der Waals surface area (Å²) in [7, 11) is 0. The number of hydrogen-bond donors (Lipinski definition) is 3. The van der Waals surface area contributed by atoms with Crippen LogP contribution in [-0.4, -0.2) is 16.9 Å². The van der Waals surface area contributed by atoms with Crippen molar-refractivity contribution in [2.75, 3.05) is 10.6 Å². The number of aryl methyl sites for hydroxylation is 1. The molecule has 5 nitrogen and oxygen atoms in total. The van der Waals surface area contributed by atoms with Crippen LogP contribution in [0.3, 0.4) is 0 Å². The summed E-state index contributed by atoms with van der Waals surface area (Å²) in [5.41, 5.74) is 2.58. The van der Waals surface area contributed by atoms with Crippen molar-refractivity contribution in [3.05, 3.63) is 53.6 Å². The molecular formula is C24H30N2O3. The van der Waals surface area contributed by atoms with Crippen LogP contribution in [0.5, 0.6) is 5.75 Å². The molecule has 1 saturated carbocycles. The van der Waals surface area contributed by atoms with Gasteiger partial charge in [0.1, 0.15) is 5.75 Å². The van der Waals surface area contributed by atoms with Gasteiger partial charge in [-0.25, -0.2) is 0 Å². The minimum atomic E-state index is -0.306. The van der Waals surface area contributed by atoms with Crippen LogP contribution in [0, 0.1) is 12.8 Å². The van der Waals surface area contributed by atoms with E-state index in [9.17, 15) is 14.7 Å². The average Bonchev–Trinajstić information content (AvgIpc) is 2.71. The van der Waals surface area contributed by atoms with E-state index in [0.717, 1.165) is 24.3 Å². The van der Waals surface area contributed by atoms with E-state index in [-0.39, 0.29) is 17.6 Å². The van der Waals surface area contributed by atoms with Gasteiger partial charge in [-0.3, -0.25) is 9.59 Å². The van der Waals surface area contributed by atoms with Crippen molar-refractivity contribution >= 4 is 23.2 Å². The van der Waals surface area contributed by atoms with E-state index in [2.05, 4.69) is 10.6 Å². The molecule has 2 aromatic carbocycles. The molecule has 0 heterocycles. The van der Waals surface area contributed by atoms with Crippen LogP contribution in [0.1, 0.15) is 67.3 Å². The third-order valence-electron chi connectivity index (χ3n) is 5.62. The Morgan fingerprint density at radius 3 is 2.59 bits per heavy atom. The molecule has 1 fully saturated rings. The highest BCUT2D eigenvalue weighted by molar-refractivity contribution is 6.05. The summed E-state index contributed by atoms with van der Waals surface area (Å²) >= 11 is 0. The lowest BCUT2D eigenvalue weighted by Crippen LogP contribution is -2.15. The van der Waals surface area contributed by atoms with Crippen LogP contribution < -0.4 is 10.6 Å². The van der Waals surface area contributed by atoms with Crippen LogP contribution in [0.4, 0.5) is 11.4 Å². The van der Waals surface area contributed by atoms with Crippen molar-refractivity contribution < 1.29 is 14.7 Å². The fourth-order valence-corrected chi connectivity index (χ4v) is 3.93. The SMILES string of the molecule is Cc1ccc(NC(=O)CCCC2CCCCC2)cc1NC(=O)c1cccc(O)c1. The summed E-state index contributed by atoms with van der Waals surface area (Å²) in [5.74, 6) is 0.536. The molecule has 0 radical (unpaired) electrons. The number of carbonyl (C=O) groups excluding carboxylic acids is 2. The second kappa shape index (κ2) is 10.1. The zero-order valence-corrected chi connectivity index (χ0v) is 17.0. The first-order chi connectivity index (χ1) is 14.0. The molecule has 0 spiro atoms. The first-order valence-electron chi connectivity index (χ1n) is 10.5. The first kappa shape index (κ1) is 20.9. The van der Waals surface area contributed by atoms with Crippen LogP contribution in [0.25, 0.3) is 0 Å². The Bertz CT molecular complexity index is 857. The molecule has 0 unspecified atom stereocenters. The Morgan fingerprint density at radius 2 is 1.83 bits per heavy atom. The number of carbonyl (C=O) groups is 2. The van der Waals surface area contributed by atoms with Gasteiger partial charge in [0.25, 0.3) is 5.91 Å². The molecule has 154 valence electrons. The third kappa shape index (κ3) is 6.34. The van der Waals surface area contributed by atoms with Gasteiger partial charge >= 0.3 is 0 Å². The van der Waals surface area contributed by atoms with Crippen molar-refractivity contribution in [1.82, 2.24) is 0 Å². The molecule has 2 amide bonds. The summed E-state index contributed by atoms with van der Waals surface area (Å²) in [6, 6.07) is 11.7. The number of anilines is 2. The number of phenols is 1. The van der Waals surface area contributed by atoms with E-state index < -0.39 is 0 Å². The maximum Gasteiger partial charge on any atom is 0.255 e. The van der Waals surface area contributed by atoms with E-state index in [1.54, 1.807) is 18.2 Å². The molecular weight excluding hydrogens is 364 g/mol. The molecule has 0 aromatic heterocycles. The molecule has 0 bridgehead atoms. The zero-order chi connectivity index (χ0) is 20.6. The maximum atomic E-state index is 12.4. The van der Waals surface area contributed by atoms with Gasteiger partial charge in [0.2, 0.25) is 5.91 Å². The van der Waals surface area contributed by atoms with Crippen LogP contribution in [0.2, 0.25) is 0 Å². The molecule has 1 aliphatic rings. The topological polar surface area (TPSA) is 78.4 Å². The highest BCUT2D eigenvalue weighted by Crippen LogP contribution is 2.28. The fraction of sp³-hybridized carbons (Fsp3) is 0.417. The third-order valence-corrected chi connectivity index (χ3v) is 5.62. The van der Waals surface area contributed by atoms with E-state index in [1.807, 2.05) is 19.1 Å². The lowest BCUT2D eigenvalue weighted by molar-refractivity contribution is -0.116. The van der Waals surface area contributed by atoms with Crippen LogP contribution in [0.15, 0.2) is 42.5 Å². The number of nitrogens with one attached hydrogen (secondary N) is 2. The quantitative estimate of drug-likeness (QED) is 0.568. The number of hydrogen-bond acceptors (Lipinski definition) is 3. The standard InChI is InChI=1S/C24H30N2O3/c1-17-13-14-20(25-23(28)12-5-9-18-7-3-2-4-8-18)16-22(17)26-24(29)19-10-6-11-21(27)15-19/h6,10-11,13-16,18,27H,2-5,7-9,12H2,1H3,(H,25,28)(H,26,29). The number of aromatic hydroxyl groups is 1. The minimum Gasteiger partial charge on any atom is -0.508 e. The van der Waals surface area contributed by atoms with E-state index in [4.69, 9.17) is 0 Å². The molecule has 3 rings (SSSR count). The van der Waals surface area contributed by atoms with E-state index >= 15 is 0 Å². The predicted molar refractivity (Wildman–Crippen MR) is 116 cm³/mol. The van der Waals surface area contributed by atoms with Crippen LogP contribution in [-0.2, 0) is 4.79 Å². The smallest absolute Gasteiger partial charge is 0.255 e. The van der Waals surface area contributed by atoms with E-state index in [1.165, 1.54) is 44.2 Å². The molecule has 0 aliphatic heterocycles. The highest BCUT2D eigenvalue weighted by Gasteiger charge is 2.14. The Hall–Kier alpha value is -2.82. The van der Waals surface area contributed by atoms with Gasteiger partial charge < -0.3 is 15.7 Å². The van der Waals surface area contributed by atoms with Gasteiger partial charge in [0.15, 0.2) is 0 Å². The van der Waals surface area contributed by atoms with Gasteiger partial charge in [0.05, 0.1) is 0 Å². The van der Waals surface area contributed by atoms with Gasteiger partial charge in [-0.1, -0.05) is 44.2 Å². The van der Waals surface area contributed by atoms with Gasteiger partial charge in [-0.05, 0) is 61.6 Å². The van der Waals surface area contributed by atoms with E-state index in [0.29, 0.717) is 23.4 Å². The van der Waals surface area contributed by atoms with Crippen molar-refractivity contribution in [2.24, 2.45) is 5.92 Å². The molecule has 0 saturated heterocycles. The predicted octanol–water partition coefficient (Wildman–Crippen LogP) is 5.64. The lowest BCUT2D eigenvalue weighted by Gasteiger charge is -2.21. The van der Waals surface area contributed by atoms with Crippen molar-refractivity contribution in [3.63, 3.8) is 0 Å². The second-order valence-corrected chi connectivity index (χ2v) is 7.98. The van der Waals surface area contributed by atoms with Crippen molar-refractivity contribution in [2.45, 2.75) is 58.3 Å². The number of rotatable bonds is 7. The largest absolute Gasteiger partial charge is 0.508 e. The fourth-order valence-electron chi connectivity index (χ4n) is 3.93. The number of benzene rings is 2. The molecule has 29 heavy (non-hydrogen) atoms. The van der Waals surface area contributed by atoms with Crippen molar-refractivity contribution in [1.29, 1.82) is 0 Å². The van der Waals surface area contributed by atoms with Gasteiger partial charge in [-0.15, -0.1) is 0 Å². The summed E-state index contributed by atoms with van der Waals surface area (Å²) in [6.45, 7) is 1.90. The first-order valence-corrected chi connectivity index (χ1v) is 10.5. The lowest BCUT2D eigenvalue weighted by atomic mass is 9.86. The summed E-state index contributed by atoms with van der Waals surface area (Å²) in [6.07, 6.45) is 9.21. The Balaban J connectivity index is 1.54. The molecule has 3 N–H and O–H groups in total. The number of amides is 2. The highest BCUT2D eigenvalue weighted by atomic mass is 16.3. The molecule has 1 aliphatic carbocycles. The zero-order valence-electron chi connectivity index (χ0n) is 17.0. The average molecular weight is 395 g/mol.